The molecular formula is C25H27N5O3S. The average Bonchev–Trinajstić information content (AvgIpc) is 3.51. The van der Waals surface area contributed by atoms with Gasteiger partial charge in [0.05, 0.1) is 5.69 Å². The summed E-state index contributed by atoms with van der Waals surface area (Å²) in [5, 5.41) is 4.95. The van der Waals surface area contributed by atoms with Crippen molar-refractivity contribution < 1.29 is 14.0 Å². The highest BCUT2D eigenvalue weighted by Gasteiger charge is 2.32. The number of piperidine rings is 1. The number of thiazole rings is 1. The first-order valence-electron chi connectivity index (χ1n) is 11.5. The van der Waals surface area contributed by atoms with Crippen LogP contribution in [0, 0.1) is 20.8 Å². The van der Waals surface area contributed by atoms with Gasteiger partial charge in [-0.15, -0.1) is 11.3 Å². The number of hydrogen-bond donors (Lipinski definition) is 1. The summed E-state index contributed by atoms with van der Waals surface area (Å²) < 4.78 is 7.67. The Balaban J connectivity index is 1.36. The summed E-state index contributed by atoms with van der Waals surface area (Å²) in [6.07, 6.45) is 4.60. The quantitative estimate of drug-likeness (QED) is 0.460. The molecule has 4 heterocycles. The van der Waals surface area contributed by atoms with Crippen LogP contribution in [0.2, 0.25) is 0 Å². The van der Waals surface area contributed by atoms with Gasteiger partial charge >= 0.3 is 0 Å². The molecule has 1 fully saturated rings. The van der Waals surface area contributed by atoms with Crippen LogP contribution in [0.5, 0.6) is 0 Å². The van der Waals surface area contributed by atoms with Crippen molar-refractivity contribution in [1.29, 1.82) is 0 Å². The maximum Gasteiger partial charge on any atom is 0.276 e. The second-order valence-electron chi connectivity index (χ2n) is 8.74. The van der Waals surface area contributed by atoms with Crippen molar-refractivity contribution in [2.75, 3.05) is 13.1 Å². The predicted molar refractivity (Wildman–Crippen MR) is 130 cm³/mol. The van der Waals surface area contributed by atoms with Gasteiger partial charge in [-0.25, -0.2) is 9.97 Å². The lowest BCUT2D eigenvalue weighted by atomic mass is 10.0. The number of oxazole rings is 1. The van der Waals surface area contributed by atoms with E-state index in [2.05, 4.69) is 15.3 Å². The zero-order valence-electron chi connectivity index (χ0n) is 19.5. The van der Waals surface area contributed by atoms with E-state index in [-0.39, 0.29) is 17.9 Å². The predicted octanol–water partition coefficient (Wildman–Crippen LogP) is 4.40. The molecule has 1 aromatic carbocycles. The summed E-state index contributed by atoms with van der Waals surface area (Å²) >= 11 is 1.49. The Morgan fingerprint density at radius 3 is 2.88 bits per heavy atom. The van der Waals surface area contributed by atoms with Crippen LogP contribution in [0.25, 0.3) is 16.3 Å². The van der Waals surface area contributed by atoms with E-state index in [0.717, 1.165) is 35.4 Å². The van der Waals surface area contributed by atoms with Gasteiger partial charge in [0.1, 0.15) is 5.69 Å². The summed E-state index contributed by atoms with van der Waals surface area (Å²) in [4.78, 5) is 38.2. The highest BCUT2D eigenvalue weighted by atomic mass is 32.1. The Morgan fingerprint density at radius 1 is 1.21 bits per heavy atom. The van der Waals surface area contributed by atoms with E-state index in [1.807, 2.05) is 59.0 Å². The van der Waals surface area contributed by atoms with Crippen molar-refractivity contribution in [2.24, 2.45) is 0 Å². The number of imidazole rings is 1. The third-order valence-corrected chi connectivity index (χ3v) is 7.01. The molecule has 1 aliphatic heterocycles. The van der Waals surface area contributed by atoms with Crippen LogP contribution < -0.4 is 5.32 Å². The molecule has 0 unspecified atom stereocenters. The molecule has 5 rings (SSSR count). The van der Waals surface area contributed by atoms with E-state index in [1.165, 1.54) is 11.3 Å². The third-order valence-electron chi connectivity index (χ3n) is 6.25. The Labute approximate surface area is 201 Å². The van der Waals surface area contributed by atoms with Gasteiger partial charge in [0.2, 0.25) is 0 Å². The first-order valence-corrected chi connectivity index (χ1v) is 12.4. The van der Waals surface area contributed by atoms with Gasteiger partial charge in [-0.05, 0) is 39.2 Å². The lowest BCUT2D eigenvalue weighted by Crippen LogP contribution is -2.49. The molecular weight excluding hydrogens is 450 g/mol. The van der Waals surface area contributed by atoms with Crippen LogP contribution in [-0.4, -0.2) is 50.2 Å². The number of carbonyl (C=O) groups excluding carboxylic acids is 2. The Morgan fingerprint density at radius 2 is 2.06 bits per heavy atom. The van der Waals surface area contributed by atoms with Gasteiger partial charge in [0, 0.05) is 43.2 Å². The van der Waals surface area contributed by atoms with Crippen molar-refractivity contribution in [2.45, 2.75) is 46.1 Å². The largest absolute Gasteiger partial charge is 0.440 e. The van der Waals surface area contributed by atoms with Crippen LogP contribution in [0.15, 0.2) is 40.3 Å². The molecule has 0 spiro atoms. The van der Waals surface area contributed by atoms with Crippen LogP contribution in [0.4, 0.5) is 0 Å². The number of aryl methyl sites for hydroxylation is 3. The van der Waals surface area contributed by atoms with Gasteiger partial charge < -0.3 is 14.6 Å². The fraction of sp³-hybridized carbons (Fsp3) is 0.360. The number of fused-ring (bicyclic) bond motifs is 1. The lowest BCUT2D eigenvalue weighted by molar-refractivity contribution is 0.0597. The van der Waals surface area contributed by atoms with E-state index < -0.39 is 0 Å². The second kappa shape index (κ2) is 9.06. The van der Waals surface area contributed by atoms with E-state index in [0.29, 0.717) is 41.8 Å². The summed E-state index contributed by atoms with van der Waals surface area (Å²) in [7, 11) is 0. The minimum absolute atomic E-state index is 0.112. The number of likely N-dealkylation sites (tertiary alicyclic amines) is 1. The smallest absolute Gasteiger partial charge is 0.276 e. The third kappa shape index (κ3) is 4.11. The number of aromatic nitrogens is 3. The number of carbonyl (C=O) groups is 2. The normalized spacial score (nSPS) is 16.2. The zero-order chi connectivity index (χ0) is 23.8. The minimum Gasteiger partial charge on any atom is -0.440 e. The number of nitrogens with zero attached hydrogens (tertiary/aromatic N) is 4. The summed E-state index contributed by atoms with van der Waals surface area (Å²) in [5.74, 6) is 0.610. The van der Waals surface area contributed by atoms with E-state index in [1.54, 1.807) is 6.92 Å². The highest BCUT2D eigenvalue weighted by Crippen LogP contribution is 2.29. The molecule has 1 aliphatic rings. The van der Waals surface area contributed by atoms with E-state index in [9.17, 15) is 9.59 Å². The van der Waals surface area contributed by atoms with Crippen molar-refractivity contribution in [1.82, 2.24) is 24.6 Å². The first kappa shape index (κ1) is 22.3. The van der Waals surface area contributed by atoms with Crippen LogP contribution in [0.1, 0.15) is 57.4 Å². The van der Waals surface area contributed by atoms with Gasteiger partial charge in [0.25, 0.3) is 11.8 Å². The number of hydrogen-bond acceptors (Lipinski definition) is 6. The highest BCUT2D eigenvalue weighted by molar-refractivity contribution is 7.15. The second-order valence-corrected chi connectivity index (χ2v) is 9.61. The number of rotatable bonds is 5. The molecule has 9 heteroatoms. The summed E-state index contributed by atoms with van der Waals surface area (Å²) in [6.45, 7) is 6.59. The summed E-state index contributed by atoms with van der Waals surface area (Å²) in [5.41, 5.74) is 3.48. The minimum atomic E-state index is -0.181. The molecule has 0 aliphatic carbocycles. The van der Waals surface area contributed by atoms with Crippen molar-refractivity contribution in [3.8, 4) is 11.3 Å². The lowest BCUT2D eigenvalue weighted by Gasteiger charge is -2.35. The van der Waals surface area contributed by atoms with Crippen molar-refractivity contribution >= 4 is 28.1 Å². The fourth-order valence-electron chi connectivity index (χ4n) is 4.63. The van der Waals surface area contributed by atoms with E-state index in [4.69, 9.17) is 4.42 Å². The van der Waals surface area contributed by atoms with Gasteiger partial charge in [0.15, 0.2) is 22.3 Å². The van der Waals surface area contributed by atoms with Crippen LogP contribution in [0.3, 0.4) is 0 Å². The molecule has 0 saturated carbocycles. The SMILES string of the molecule is Cc1cccc(-c2oc(C)nc2C(=O)N2CCCC[C@H]2CNC(=O)c2c(C)nc3sccn23)c1. The van der Waals surface area contributed by atoms with Crippen LogP contribution >= 0.6 is 11.3 Å². The Bertz CT molecular complexity index is 1370. The molecule has 4 aromatic rings. The maximum atomic E-state index is 13.6. The molecule has 34 heavy (non-hydrogen) atoms. The average molecular weight is 478 g/mol. The zero-order valence-corrected chi connectivity index (χ0v) is 20.3. The molecule has 0 bridgehead atoms. The Hall–Kier alpha value is -3.46. The number of benzene rings is 1. The molecule has 3 aromatic heterocycles. The molecule has 8 nitrogen and oxygen atoms in total. The molecule has 1 atom stereocenters. The monoisotopic (exact) mass is 477 g/mol. The standard InChI is InChI=1S/C25H27N5O3S/c1-15-7-6-8-18(13-15)22-20(28-17(3)33-22)24(32)29-10-5-4-9-19(29)14-26-23(31)21-16(2)27-25-30(21)11-12-34-25/h6-8,11-13,19H,4-5,9-10,14H2,1-3H3,(H,26,31)/t19-/m0/s1. The summed E-state index contributed by atoms with van der Waals surface area (Å²) in [6, 6.07) is 7.75. The molecule has 1 N–H and O–H groups in total. The number of amides is 2. The van der Waals surface area contributed by atoms with Gasteiger partial charge in [-0.3, -0.25) is 14.0 Å². The topological polar surface area (TPSA) is 92.7 Å². The molecule has 2 amide bonds. The van der Waals surface area contributed by atoms with Crippen molar-refractivity contribution in [3.05, 3.63) is 64.4 Å². The first-order chi connectivity index (χ1) is 16.4. The van der Waals surface area contributed by atoms with Crippen molar-refractivity contribution in [3.63, 3.8) is 0 Å². The molecule has 1 saturated heterocycles. The van der Waals surface area contributed by atoms with Crippen LogP contribution in [-0.2, 0) is 0 Å². The Kier molecular flexibility index (Phi) is 5.95. The van der Waals surface area contributed by atoms with Gasteiger partial charge in [-0.1, -0.05) is 23.8 Å². The van der Waals surface area contributed by atoms with E-state index >= 15 is 0 Å². The fourth-order valence-corrected chi connectivity index (χ4v) is 5.39. The molecule has 176 valence electrons. The maximum absolute atomic E-state index is 13.6. The number of nitrogens with one attached hydrogen (secondary N) is 1. The molecule has 0 radical (unpaired) electrons. The van der Waals surface area contributed by atoms with Gasteiger partial charge in [-0.2, -0.15) is 0 Å².